The number of aryl methyl sites for hydroxylation is 1. The molecule has 0 heterocycles. The molecule has 0 aliphatic carbocycles. The maximum atomic E-state index is 12.7. The summed E-state index contributed by atoms with van der Waals surface area (Å²) in [6.07, 6.45) is 0.0690. The van der Waals surface area contributed by atoms with Gasteiger partial charge in [0, 0.05) is 11.3 Å². The van der Waals surface area contributed by atoms with Gasteiger partial charge in [-0.15, -0.1) is 0 Å². The molecule has 3 aromatic rings. The highest BCUT2D eigenvalue weighted by Gasteiger charge is 2.17. The van der Waals surface area contributed by atoms with Crippen LogP contribution in [0.25, 0.3) is 0 Å². The van der Waals surface area contributed by atoms with Gasteiger partial charge in [0.2, 0.25) is 0 Å². The number of benzene rings is 3. The molecule has 6 nitrogen and oxygen atoms in total. The number of hydrogen-bond acceptors (Lipinski definition) is 4. The maximum absolute atomic E-state index is 12.7. The van der Waals surface area contributed by atoms with E-state index in [0.717, 1.165) is 16.9 Å². The summed E-state index contributed by atoms with van der Waals surface area (Å²) >= 11 is 0. The van der Waals surface area contributed by atoms with E-state index >= 15 is 0 Å². The van der Waals surface area contributed by atoms with E-state index in [1.54, 1.807) is 36.4 Å². The summed E-state index contributed by atoms with van der Waals surface area (Å²) in [4.78, 5) is 12.6. The lowest BCUT2D eigenvalue weighted by Crippen LogP contribution is -2.15. The second kappa shape index (κ2) is 9.22. The summed E-state index contributed by atoms with van der Waals surface area (Å²) in [6, 6.07) is 18.3. The van der Waals surface area contributed by atoms with Crippen LogP contribution in [0.3, 0.4) is 0 Å². The molecule has 1 amide bonds. The van der Waals surface area contributed by atoms with Gasteiger partial charge in [0.05, 0.1) is 16.7 Å². The Balaban J connectivity index is 1.70. The third kappa shape index (κ3) is 5.64. The highest BCUT2D eigenvalue weighted by Crippen LogP contribution is 2.23. The van der Waals surface area contributed by atoms with E-state index in [4.69, 9.17) is 4.74 Å². The smallest absolute Gasteiger partial charge is 0.261 e. The third-order valence-corrected chi connectivity index (χ3v) is 6.14. The fraction of sp³-hybridized carbons (Fsp3) is 0.208. The van der Waals surface area contributed by atoms with E-state index in [0.29, 0.717) is 16.9 Å². The lowest BCUT2D eigenvalue weighted by molar-refractivity contribution is 0.102. The molecule has 0 fully saturated rings. The van der Waals surface area contributed by atoms with Crippen LogP contribution in [-0.4, -0.2) is 20.4 Å². The van der Waals surface area contributed by atoms with Crippen molar-refractivity contribution < 1.29 is 17.9 Å². The highest BCUT2D eigenvalue weighted by molar-refractivity contribution is 7.92. The van der Waals surface area contributed by atoms with E-state index in [1.807, 2.05) is 33.8 Å². The summed E-state index contributed by atoms with van der Waals surface area (Å²) < 4.78 is 33.6. The zero-order valence-electron chi connectivity index (χ0n) is 18.0. The van der Waals surface area contributed by atoms with Gasteiger partial charge in [-0.2, -0.15) is 0 Å². The van der Waals surface area contributed by atoms with Crippen LogP contribution in [0.5, 0.6) is 5.75 Å². The number of carbonyl (C=O) groups excluding carboxylic acids is 1. The van der Waals surface area contributed by atoms with Gasteiger partial charge in [-0.05, 0) is 93.4 Å². The van der Waals surface area contributed by atoms with Gasteiger partial charge >= 0.3 is 0 Å². The van der Waals surface area contributed by atoms with Crippen molar-refractivity contribution in [3.05, 3.63) is 83.4 Å². The molecule has 3 aromatic carbocycles. The molecule has 0 aromatic heterocycles. The van der Waals surface area contributed by atoms with Crippen LogP contribution in [-0.2, 0) is 10.0 Å². The number of amides is 1. The number of anilines is 2. The second-order valence-corrected chi connectivity index (χ2v) is 9.20. The maximum Gasteiger partial charge on any atom is 0.261 e. The minimum Gasteiger partial charge on any atom is -0.491 e. The SMILES string of the molecule is Cc1cccc(NS(=O)(=O)c2ccc(C(=O)Nc3ccc(OC(C)C)cc3)cc2)c1C. The molecule has 0 unspecified atom stereocenters. The molecular formula is C24H26N2O4S. The van der Waals surface area contributed by atoms with E-state index in [-0.39, 0.29) is 16.9 Å². The second-order valence-electron chi connectivity index (χ2n) is 7.52. The lowest BCUT2D eigenvalue weighted by atomic mass is 10.1. The molecule has 0 radical (unpaired) electrons. The third-order valence-electron chi connectivity index (χ3n) is 4.76. The average Bonchev–Trinajstić information content (AvgIpc) is 2.72. The Morgan fingerprint density at radius 1 is 0.903 bits per heavy atom. The fourth-order valence-corrected chi connectivity index (χ4v) is 4.07. The summed E-state index contributed by atoms with van der Waals surface area (Å²) in [5.41, 5.74) is 3.37. The summed E-state index contributed by atoms with van der Waals surface area (Å²) in [5.74, 6) is 0.392. The summed E-state index contributed by atoms with van der Waals surface area (Å²) in [7, 11) is -3.76. The van der Waals surface area contributed by atoms with Crippen molar-refractivity contribution in [3.63, 3.8) is 0 Å². The van der Waals surface area contributed by atoms with Crippen LogP contribution in [0.15, 0.2) is 71.6 Å². The number of hydrogen-bond donors (Lipinski definition) is 2. The van der Waals surface area contributed by atoms with Crippen LogP contribution >= 0.6 is 0 Å². The number of carbonyl (C=O) groups is 1. The van der Waals surface area contributed by atoms with Gasteiger partial charge in [0.25, 0.3) is 15.9 Å². The van der Waals surface area contributed by atoms with Crippen molar-refractivity contribution in [1.29, 1.82) is 0 Å². The van der Waals surface area contributed by atoms with E-state index in [1.165, 1.54) is 24.3 Å². The zero-order chi connectivity index (χ0) is 22.6. The van der Waals surface area contributed by atoms with Crippen molar-refractivity contribution in [2.24, 2.45) is 0 Å². The van der Waals surface area contributed by atoms with Crippen molar-refractivity contribution in [2.45, 2.75) is 38.7 Å². The van der Waals surface area contributed by atoms with Gasteiger partial charge < -0.3 is 10.1 Å². The van der Waals surface area contributed by atoms with Crippen LogP contribution in [0.2, 0.25) is 0 Å². The Bertz CT molecular complexity index is 1170. The molecule has 31 heavy (non-hydrogen) atoms. The number of ether oxygens (including phenoxy) is 1. The Morgan fingerprint density at radius 3 is 2.16 bits per heavy atom. The molecule has 0 aliphatic heterocycles. The van der Waals surface area contributed by atoms with Crippen molar-refractivity contribution in [2.75, 3.05) is 10.0 Å². The van der Waals surface area contributed by atoms with Gasteiger partial charge in [-0.25, -0.2) is 8.42 Å². The average molecular weight is 439 g/mol. The molecular weight excluding hydrogens is 412 g/mol. The van der Waals surface area contributed by atoms with E-state index in [2.05, 4.69) is 10.0 Å². The molecule has 2 N–H and O–H groups in total. The van der Waals surface area contributed by atoms with Gasteiger partial charge in [0.15, 0.2) is 0 Å². The molecule has 0 bridgehead atoms. The Kier molecular flexibility index (Phi) is 6.65. The normalized spacial score (nSPS) is 11.3. The number of rotatable bonds is 7. The summed E-state index contributed by atoms with van der Waals surface area (Å²) in [6.45, 7) is 7.67. The monoisotopic (exact) mass is 438 g/mol. The fourth-order valence-electron chi connectivity index (χ4n) is 2.94. The van der Waals surface area contributed by atoms with Crippen molar-refractivity contribution in [3.8, 4) is 5.75 Å². The largest absolute Gasteiger partial charge is 0.491 e. The zero-order valence-corrected chi connectivity index (χ0v) is 18.8. The molecule has 0 atom stereocenters. The number of sulfonamides is 1. The number of nitrogens with one attached hydrogen (secondary N) is 2. The van der Waals surface area contributed by atoms with Gasteiger partial charge in [-0.3, -0.25) is 9.52 Å². The first-order valence-electron chi connectivity index (χ1n) is 9.93. The first kappa shape index (κ1) is 22.4. The van der Waals surface area contributed by atoms with E-state index in [9.17, 15) is 13.2 Å². The molecule has 0 aliphatic rings. The minimum atomic E-state index is -3.76. The molecule has 0 saturated heterocycles. The van der Waals surface area contributed by atoms with Gasteiger partial charge in [-0.1, -0.05) is 12.1 Å². The molecule has 7 heteroatoms. The highest BCUT2D eigenvalue weighted by atomic mass is 32.2. The standard InChI is InChI=1S/C24H26N2O4S/c1-16(2)30-21-12-10-20(11-13-21)25-24(27)19-8-14-22(15-9-19)31(28,29)26-23-7-5-6-17(3)18(23)4/h5-16,26H,1-4H3,(H,25,27). The quantitative estimate of drug-likeness (QED) is 0.535. The minimum absolute atomic E-state index is 0.0690. The first-order valence-corrected chi connectivity index (χ1v) is 11.4. The summed E-state index contributed by atoms with van der Waals surface area (Å²) in [5, 5.41) is 2.79. The molecule has 3 rings (SSSR count). The van der Waals surface area contributed by atoms with Crippen LogP contribution < -0.4 is 14.8 Å². The molecule has 0 saturated carbocycles. The van der Waals surface area contributed by atoms with Crippen LogP contribution in [0.4, 0.5) is 11.4 Å². The predicted molar refractivity (Wildman–Crippen MR) is 123 cm³/mol. The lowest BCUT2D eigenvalue weighted by Gasteiger charge is -2.13. The molecule has 162 valence electrons. The molecule has 0 spiro atoms. The topological polar surface area (TPSA) is 84.5 Å². The van der Waals surface area contributed by atoms with Crippen LogP contribution in [0.1, 0.15) is 35.3 Å². The Labute approximate surface area is 183 Å². The van der Waals surface area contributed by atoms with E-state index < -0.39 is 10.0 Å². The first-order chi connectivity index (χ1) is 14.7. The van der Waals surface area contributed by atoms with Crippen LogP contribution in [0, 0.1) is 13.8 Å². The van der Waals surface area contributed by atoms with Crippen molar-refractivity contribution in [1.82, 2.24) is 0 Å². The van der Waals surface area contributed by atoms with Gasteiger partial charge in [0.1, 0.15) is 5.75 Å². The predicted octanol–water partition coefficient (Wildman–Crippen LogP) is 5.14. The van der Waals surface area contributed by atoms with Crippen molar-refractivity contribution >= 4 is 27.3 Å². The Morgan fingerprint density at radius 2 is 1.55 bits per heavy atom. The Hall–Kier alpha value is -3.32.